The van der Waals surface area contributed by atoms with Gasteiger partial charge in [-0.05, 0) is 25.9 Å². The molecule has 0 aliphatic carbocycles. The number of aliphatic hydroxyl groups is 4. The predicted octanol–water partition coefficient (Wildman–Crippen LogP) is -6.63. The molecule has 0 spiro atoms. The molecule has 0 fully saturated rings. The Morgan fingerprint density at radius 2 is 0.739 bits per heavy atom. The summed E-state index contributed by atoms with van der Waals surface area (Å²) < 4.78 is 0. The Labute approximate surface area is 173 Å². The first-order valence-corrected chi connectivity index (χ1v) is 7.58. The van der Waals surface area contributed by atoms with Gasteiger partial charge in [0.15, 0.2) is 0 Å². The van der Waals surface area contributed by atoms with Crippen molar-refractivity contribution in [2.45, 2.75) is 26.7 Å². The minimum atomic E-state index is 0. The van der Waals surface area contributed by atoms with E-state index in [0.29, 0.717) is 26.2 Å². The van der Waals surface area contributed by atoms with Crippen molar-refractivity contribution < 1.29 is 71.2 Å². The van der Waals surface area contributed by atoms with Crippen LogP contribution in [0, 0.1) is 0 Å². The number of hydrogen-bond donors (Lipinski definition) is 4. The summed E-state index contributed by atoms with van der Waals surface area (Å²) >= 11 is 0. The smallest absolute Gasteiger partial charge is 1.00 e. The number of rotatable bonds is 12. The Balaban J connectivity index is -0.0000000831. The molecule has 0 aromatic carbocycles. The van der Waals surface area contributed by atoms with Crippen LogP contribution in [0.3, 0.4) is 0 Å². The van der Waals surface area contributed by atoms with Gasteiger partial charge in [-0.15, -0.1) is 0 Å². The maximum absolute atomic E-state index is 8.57. The molecule has 0 atom stereocenters. The van der Waals surface area contributed by atoms with Crippen LogP contribution in [0.5, 0.6) is 0 Å². The van der Waals surface area contributed by atoms with Crippen LogP contribution in [0.2, 0.25) is 0 Å². The molecule has 0 amide bonds. The second-order valence-electron chi connectivity index (χ2n) is 4.58. The molecule has 0 aromatic heterocycles. The minimum absolute atomic E-state index is 0. The summed E-state index contributed by atoms with van der Waals surface area (Å²) in [6, 6.07) is 0. The number of nitrogens with zero attached hydrogens (tertiary/aromatic N) is 2. The van der Waals surface area contributed by atoms with Crippen LogP contribution in [0.25, 0.3) is 0 Å². The Bertz CT molecular complexity index is 142. The van der Waals surface area contributed by atoms with Crippen LogP contribution < -0.4 is 34.0 Å². The van der Waals surface area contributed by atoms with Gasteiger partial charge in [0, 0.05) is 26.2 Å². The fraction of sp³-hybridized carbons (Fsp3) is 1.00. The second kappa shape index (κ2) is 31.0. The van der Waals surface area contributed by atoms with Gasteiger partial charge in [0.25, 0.3) is 0 Å². The molecule has 23 heavy (non-hydrogen) atoms. The molecule has 0 aliphatic rings. The van der Waals surface area contributed by atoms with E-state index in [1.807, 2.05) is 9.80 Å². The third-order valence-electron chi connectivity index (χ3n) is 2.74. The number of aliphatic hydroxyl groups excluding tert-OH is 4. The van der Waals surface area contributed by atoms with Gasteiger partial charge in [0.2, 0.25) is 0 Å². The fourth-order valence-corrected chi connectivity index (χ4v) is 1.87. The Morgan fingerprint density at radius 1 is 0.522 bits per heavy atom. The van der Waals surface area contributed by atoms with Gasteiger partial charge in [-0.25, -0.2) is 0 Å². The van der Waals surface area contributed by atoms with Gasteiger partial charge in [-0.2, -0.15) is 0 Å². The average Bonchev–Trinajstić information content (AvgIpc) is 2.41. The van der Waals surface area contributed by atoms with E-state index in [9.17, 15) is 0 Å². The van der Waals surface area contributed by atoms with E-state index < -0.39 is 0 Å². The molecular formula is C14H34Br2CoN2O4. The number of hydrogen-bond acceptors (Lipinski definition) is 6. The SMILES string of the molecule is CCCN(CCO)CCO.CCCN(CCO)CCO.[Br-].[Br-].[Co+2]. The maximum Gasteiger partial charge on any atom is 2.00 e. The van der Waals surface area contributed by atoms with Crippen LogP contribution >= 0.6 is 0 Å². The largest absolute Gasteiger partial charge is 2.00 e. The van der Waals surface area contributed by atoms with Gasteiger partial charge in [0.1, 0.15) is 0 Å². The first-order valence-electron chi connectivity index (χ1n) is 7.58. The van der Waals surface area contributed by atoms with Crippen molar-refractivity contribution in [3.05, 3.63) is 0 Å². The van der Waals surface area contributed by atoms with Crippen molar-refractivity contribution in [1.29, 1.82) is 0 Å². The Morgan fingerprint density at radius 3 is 0.870 bits per heavy atom. The van der Waals surface area contributed by atoms with Crippen LogP contribution in [0.4, 0.5) is 0 Å². The van der Waals surface area contributed by atoms with Gasteiger partial charge in [-0.3, -0.25) is 9.80 Å². The van der Waals surface area contributed by atoms with Crippen molar-refractivity contribution in [3.63, 3.8) is 0 Å². The molecule has 1 radical (unpaired) electrons. The zero-order valence-corrected chi connectivity index (χ0v) is 18.5. The third kappa shape index (κ3) is 28.3. The molecule has 0 unspecified atom stereocenters. The normalized spacial score (nSPS) is 9.39. The van der Waals surface area contributed by atoms with E-state index in [0.717, 1.165) is 25.9 Å². The van der Waals surface area contributed by atoms with E-state index in [4.69, 9.17) is 20.4 Å². The van der Waals surface area contributed by atoms with E-state index >= 15 is 0 Å². The molecule has 0 rings (SSSR count). The maximum atomic E-state index is 8.57. The van der Waals surface area contributed by atoms with Gasteiger partial charge in [0.05, 0.1) is 26.4 Å². The van der Waals surface area contributed by atoms with E-state index in [2.05, 4.69) is 13.8 Å². The van der Waals surface area contributed by atoms with Crippen LogP contribution in [-0.4, -0.2) is 95.9 Å². The summed E-state index contributed by atoms with van der Waals surface area (Å²) in [7, 11) is 0. The molecule has 0 aliphatic heterocycles. The van der Waals surface area contributed by atoms with Gasteiger partial charge < -0.3 is 54.4 Å². The van der Waals surface area contributed by atoms with Crippen LogP contribution in [-0.2, 0) is 16.8 Å². The van der Waals surface area contributed by atoms with Crippen molar-refractivity contribution in [2.75, 3.05) is 65.7 Å². The zero-order chi connectivity index (χ0) is 15.6. The van der Waals surface area contributed by atoms with E-state index in [1.165, 1.54) is 0 Å². The van der Waals surface area contributed by atoms with Crippen LogP contribution in [0.15, 0.2) is 0 Å². The molecule has 0 aromatic rings. The quantitative estimate of drug-likeness (QED) is 0.208. The first-order chi connectivity index (χ1) is 9.69. The summed E-state index contributed by atoms with van der Waals surface area (Å²) in [5.74, 6) is 0. The topological polar surface area (TPSA) is 87.4 Å². The van der Waals surface area contributed by atoms with Gasteiger partial charge >= 0.3 is 16.8 Å². The molecule has 0 bridgehead atoms. The molecular weight excluding hydrogens is 479 g/mol. The fourth-order valence-electron chi connectivity index (χ4n) is 1.87. The summed E-state index contributed by atoms with van der Waals surface area (Å²) in [5.41, 5.74) is 0. The second-order valence-corrected chi connectivity index (χ2v) is 4.58. The minimum Gasteiger partial charge on any atom is -1.00 e. The monoisotopic (exact) mass is 511 g/mol. The van der Waals surface area contributed by atoms with Crippen LogP contribution in [0.1, 0.15) is 26.7 Å². The van der Waals surface area contributed by atoms with Crippen molar-refractivity contribution in [2.24, 2.45) is 0 Å². The molecule has 0 saturated carbocycles. The zero-order valence-electron chi connectivity index (χ0n) is 14.3. The average molecular weight is 513 g/mol. The Hall–Kier alpha value is 1.23. The first kappa shape index (κ1) is 35.4. The number of halogens is 2. The predicted molar refractivity (Wildman–Crippen MR) is 81.8 cm³/mol. The molecule has 4 N–H and O–H groups in total. The van der Waals surface area contributed by atoms with E-state index in [1.54, 1.807) is 0 Å². The van der Waals surface area contributed by atoms with E-state index in [-0.39, 0.29) is 77.2 Å². The standard InChI is InChI=1S/2C7H17NO2.2BrH.Co/c2*1-2-3-8(4-6-9)5-7-10;;;/h2*9-10H,2-7H2,1H3;2*1H;/q;;;;+2/p-2. The van der Waals surface area contributed by atoms with Crippen molar-refractivity contribution >= 4 is 0 Å². The molecule has 0 saturated heterocycles. The summed E-state index contributed by atoms with van der Waals surface area (Å²) in [4.78, 5) is 4.08. The summed E-state index contributed by atoms with van der Waals surface area (Å²) in [5, 5.41) is 34.3. The summed E-state index contributed by atoms with van der Waals surface area (Å²) in [6.07, 6.45) is 2.14. The van der Waals surface area contributed by atoms with Gasteiger partial charge in [-0.1, -0.05) is 13.8 Å². The molecule has 0 heterocycles. The molecule has 6 nitrogen and oxygen atoms in total. The molecule has 9 heteroatoms. The third-order valence-corrected chi connectivity index (χ3v) is 2.74. The summed E-state index contributed by atoms with van der Waals surface area (Å²) in [6.45, 7) is 9.51. The molecule has 147 valence electrons. The Kier molecular flexibility index (Phi) is 47.7. The van der Waals surface area contributed by atoms with Crippen molar-refractivity contribution in [1.82, 2.24) is 9.80 Å². The van der Waals surface area contributed by atoms with Crippen molar-refractivity contribution in [3.8, 4) is 0 Å².